The highest BCUT2D eigenvalue weighted by Gasteiger charge is 2.35. The number of amides is 1. The number of carbonyl (C=O) groups excluding carboxylic acids is 1. The van der Waals surface area contributed by atoms with Gasteiger partial charge in [0.15, 0.2) is 0 Å². The maximum absolute atomic E-state index is 13.1. The molecular formula is C20H18FN3O4S. The maximum atomic E-state index is 13.1. The zero-order chi connectivity index (χ0) is 20.4. The number of hydrogen-bond acceptors (Lipinski definition) is 6. The number of benzene rings is 2. The number of likely N-dealkylation sites (tertiary alicyclic amines) is 1. The standard InChI is InChI=1S/C20H18FN3O4S/c21-16-10-8-15(9-11-16)19(25)24-12-4-7-17(24)18-22-23-20(28-18)29(26,27)13-14-5-2-1-3-6-14/h1-3,5-6,8-11,17H,4,7,12-13H2/t17-/m0/s1. The van der Waals surface area contributed by atoms with Gasteiger partial charge in [-0.25, -0.2) is 12.8 Å². The summed E-state index contributed by atoms with van der Waals surface area (Å²) in [7, 11) is -3.80. The van der Waals surface area contributed by atoms with E-state index in [-0.39, 0.29) is 17.6 Å². The quantitative estimate of drug-likeness (QED) is 0.635. The van der Waals surface area contributed by atoms with Crippen molar-refractivity contribution in [2.45, 2.75) is 29.9 Å². The number of aromatic nitrogens is 2. The van der Waals surface area contributed by atoms with Gasteiger partial charge in [0.25, 0.3) is 5.91 Å². The molecule has 150 valence electrons. The zero-order valence-corrected chi connectivity index (χ0v) is 16.2. The average Bonchev–Trinajstić information content (AvgIpc) is 3.38. The zero-order valence-electron chi connectivity index (χ0n) is 15.4. The molecule has 3 aromatic rings. The molecule has 2 heterocycles. The normalized spacial score (nSPS) is 16.9. The molecule has 1 aliphatic rings. The van der Waals surface area contributed by atoms with Crippen LogP contribution in [-0.2, 0) is 15.6 Å². The van der Waals surface area contributed by atoms with Crippen LogP contribution in [0.15, 0.2) is 64.2 Å². The van der Waals surface area contributed by atoms with E-state index in [9.17, 15) is 17.6 Å². The van der Waals surface area contributed by atoms with Crippen molar-refractivity contribution in [1.29, 1.82) is 0 Å². The van der Waals surface area contributed by atoms with Crippen molar-refractivity contribution in [2.24, 2.45) is 0 Å². The van der Waals surface area contributed by atoms with Crippen molar-refractivity contribution >= 4 is 15.7 Å². The Morgan fingerprint density at radius 2 is 1.83 bits per heavy atom. The third kappa shape index (κ3) is 4.04. The number of nitrogens with zero attached hydrogens (tertiary/aromatic N) is 3. The molecule has 0 unspecified atom stereocenters. The van der Waals surface area contributed by atoms with Crippen molar-refractivity contribution < 1.29 is 22.0 Å². The van der Waals surface area contributed by atoms with Gasteiger partial charge < -0.3 is 9.32 Å². The molecule has 9 heteroatoms. The lowest BCUT2D eigenvalue weighted by atomic mass is 10.1. The van der Waals surface area contributed by atoms with Gasteiger partial charge in [-0.2, -0.15) is 0 Å². The van der Waals surface area contributed by atoms with Crippen LogP contribution in [0.4, 0.5) is 4.39 Å². The first-order chi connectivity index (χ1) is 13.9. The third-order valence-corrected chi connectivity index (χ3v) is 6.19. The highest BCUT2D eigenvalue weighted by molar-refractivity contribution is 7.90. The van der Waals surface area contributed by atoms with Crippen LogP contribution in [-0.4, -0.2) is 36.0 Å². The van der Waals surface area contributed by atoms with Gasteiger partial charge in [-0.05, 0) is 42.7 Å². The Balaban J connectivity index is 1.55. The van der Waals surface area contributed by atoms with Crippen LogP contribution in [0.1, 0.15) is 40.7 Å². The Hall–Kier alpha value is -3.07. The van der Waals surface area contributed by atoms with Crippen LogP contribution in [0.2, 0.25) is 0 Å². The molecule has 1 amide bonds. The minimum atomic E-state index is -3.80. The van der Waals surface area contributed by atoms with E-state index in [0.29, 0.717) is 30.5 Å². The summed E-state index contributed by atoms with van der Waals surface area (Å²) in [5.41, 5.74) is 0.955. The third-order valence-electron chi connectivity index (χ3n) is 4.78. The van der Waals surface area contributed by atoms with Crippen LogP contribution in [0, 0.1) is 5.82 Å². The summed E-state index contributed by atoms with van der Waals surface area (Å²) in [5, 5.41) is 7.15. The van der Waals surface area contributed by atoms with Gasteiger partial charge in [0, 0.05) is 12.1 Å². The van der Waals surface area contributed by atoms with E-state index in [1.165, 1.54) is 24.3 Å². The summed E-state index contributed by atoms with van der Waals surface area (Å²) in [6.07, 6.45) is 1.29. The van der Waals surface area contributed by atoms with Crippen molar-refractivity contribution in [3.63, 3.8) is 0 Å². The van der Waals surface area contributed by atoms with E-state index >= 15 is 0 Å². The molecule has 0 saturated carbocycles. The first-order valence-corrected chi connectivity index (χ1v) is 10.8. The van der Waals surface area contributed by atoms with Gasteiger partial charge in [0.05, 0.1) is 5.75 Å². The van der Waals surface area contributed by atoms with Crippen molar-refractivity contribution in [3.05, 3.63) is 77.4 Å². The first-order valence-electron chi connectivity index (χ1n) is 9.11. The first kappa shape index (κ1) is 19.3. The second kappa shape index (κ2) is 7.75. The topological polar surface area (TPSA) is 93.4 Å². The molecule has 1 fully saturated rings. The predicted molar refractivity (Wildman–Crippen MR) is 101 cm³/mol. The number of halogens is 1. The Morgan fingerprint density at radius 1 is 1.10 bits per heavy atom. The van der Waals surface area contributed by atoms with E-state index in [1.54, 1.807) is 35.2 Å². The molecule has 0 aliphatic carbocycles. The van der Waals surface area contributed by atoms with Gasteiger partial charge in [0.1, 0.15) is 11.9 Å². The monoisotopic (exact) mass is 415 g/mol. The van der Waals surface area contributed by atoms with E-state index in [4.69, 9.17) is 4.42 Å². The molecule has 0 N–H and O–H groups in total. The van der Waals surface area contributed by atoms with Crippen LogP contribution >= 0.6 is 0 Å². The Kier molecular flexibility index (Phi) is 5.14. The second-order valence-corrected chi connectivity index (χ2v) is 8.68. The fourth-order valence-electron chi connectivity index (χ4n) is 3.36. The molecule has 1 aromatic heterocycles. The number of hydrogen-bond donors (Lipinski definition) is 0. The fraction of sp³-hybridized carbons (Fsp3) is 0.250. The summed E-state index contributed by atoms with van der Waals surface area (Å²) in [5.74, 6) is -0.882. The molecule has 0 radical (unpaired) electrons. The average molecular weight is 415 g/mol. The lowest BCUT2D eigenvalue weighted by molar-refractivity contribution is 0.0712. The van der Waals surface area contributed by atoms with Crippen molar-refractivity contribution in [3.8, 4) is 0 Å². The SMILES string of the molecule is O=C(c1ccc(F)cc1)N1CCC[C@H]1c1nnc(S(=O)(=O)Cc2ccccc2)o1. The van der Waals surface area contributed by atoms with E-state index in [0.717, 1.165) is 0 Å². The van der Waals surface area contributed by atoms with E-state index in [1.807, 2.05) is 0 Å². The summed E-state index contributed by atoms with van der Waals surface area (Å²) >= 11 is 0. The van der Waals surface area contributed by atoms with Crippen molar-refractivity contribution in [2.75, 3.05) is 6.54 Å². The summed E-state index contributed by atoms with van der Waals surface area (Å²) < 4.78 is 43.8. The highest BCUT2D eigenvalue weighted by atomic mass is 32.2. The molecule has 4 rings (SSSR count). The molecule has 1 aliphatic heterocycles. The largest absolute Gasteiger partial charge is 0.410 e. The number of sulfone groups is 1. The number of carbonyl (C=O) groups is 1. The van der Waals surface area contributed by atoms with Crippen LogP contribution < -0.4 is 0 Å². The lowest BCUT2D eigenvalue weighted by Crippen LogP contribution is -2.30. The summed E-state index contributed by atoms with van der Waals surface area (Å²) in [6.45, 7) is 0.468. The van der Waals surface area contributed by atoms with E-state index in [2.05, 4.69) is 10.2 Å². The summed E-state index contributed by atoms with van der Waals surface area (Å²) in [4.78, 5) is 14.3. The predicted octanol–water partition coefficient (Wildman–Crippen LogP) is 3.16. The molecule has 0 bridgehead atoms. The molecule has 7 nitrogen and oxygen atoms in total. The maximum Gasteiger partial charge on any atom is 0.335 e. The molecule has 0 spiro atoms. The molecule has 1 saturated heterocycles. The van der Waals surface area contributed by atoms with Gasteiger partial charge in [-0.15, -0.1) is 5.10 Å². The van der Waals surface area contributed by atoms with Crippen LogP contribution in [0.5, 0.6) is 0 Å². The Labute approximate surface area is 167 Å². The van der Waals surface area contributed by atoms with Crippen LogP contribution in [0.3, 0.4) is 0 Å². The Morgan fingerprint density at radius 3 is 2.55 bits per heavy atom. The van der Waals surface area contributed by atoms with E-state index < -0.39 is 26.9 Å². The highest BCUT2D eigenvalue weighted by Crippen LogP contribution is 2.33. The lowest BCUT2D eigenvalue weighted by Gasteiger charge is -2.22. The smallest absolute Gasteiger partial charge is 0.335 e. The molecule has 29 heavy (non-hydrogen) atoms. The number of rotatable bonds is 5. The summed E-state index contributed by atoms with van der Waals surface area (Å²) in [6, 6.07) is 13.5. The molecule has 2 aromatic carbocycles. The van der Waals surface area contributed by atoms with Crippen LogP contribution in [0.25, 0.3) is 0 Å². The minimum Gasteiger partial charge on any atom is -0.410 e. The van der Waals surface area contributed by atoms with Gasteiger partial charge >= 0.3 is 5.22 Å². The fourth-order valence-corrected chi connectivity index (χ4v) is 4.49. The van der Waals surface area contributed by atoms with Gasteiger partial charge in [0.2, 0.25) is 15.7 Å². The molecule has 1 atom stereocenters. The molecular weight excluding hydrogens is 397 g/mol. The minimum absolute atomic E-state index is 0.0876. The second-order valence-electron chi connectivity index (χ2n) is 6.81. The van der Waals surface area contributed by atoms with Gasteiger partial charge in [-0.1, -0.05) is 35.4 Å². The van der Waals surface area contributed by atoms with Gasteiger partial charge in [-0.3, -0.25) is 4.79 Å². The Bertz CT molecular complexity index is 1110. The van der Waals surface area contributed by atoms with Crippen molar-refractivity contribution in [1.82, 2.24) is 15.1 Å².